The van der Waals surface area contributed by atoms with Crippen LogP contribution in [0.2, 0.25) is 0 Å². The van der Waals surface area contributed by atoms with E-state index in [0.29, 0.717) is 18.4 Å². The monoisotopic (exact) mass is 187 g/mol. The molecule has 0 unspecified atom stereocenters. The fourth-order valence-corrected chi connectivity index (χ4v) is 1.49. The smallest absolute Gasteiger partial charge is 0.0593 e. The van der Waals surface area contributed by atoms with Gasteiger partial charge in [0.25, 0.3) is 0 Å². The van der Waals surface area contributed by atoms with Crippen molar-refractivity contribution in [3.8, 4) is 0 Å². The van der Waals surface area contributed by atoms with Gasteiger partial charge < -0.3 is 14.7 Å². The predicted octanol–water partition coefficient (Wildman–Crippen LogP) is 0.583. The van der Waals surface area contributed by atoms with Crippen molar-refractivity contribution < 1.29 is 9.84 Å². The molecule has 1 aliphatic rings. The summed E-state index contributed by atoms with van der Waals surface area (Å²) in [5.74, 6) is 1.15. The van der Waals surface area contributed by atoms with Crippen LogP contribution in [-0.4, -0.2) is 49.5 Å². The Morgan fingerprint density at radius 1 is 1.46 bits per heavy atom. The van der Waals surface area contributed by atoms with Crippen LogP contribution in [0.4, 0.5) is 0 Å². The van der Waals surface area contributed by atoms with E-state index in [1.807, 2.05) is 0 Å². The van der Waals surface area contributed by atoms with Crippen molar-refractivity contribution in [3.63, 3.8) is 0 Å². The number of ether oxygens (including phenoxy) is 1. The van der Waals surface area contributed by atoms with E-state index in [0.717, 1.165) is 32.8 Å². The molecule has 1 heterocycles. The van der Waals surface area contributed by atoms with Crippen LogP contribution in [0.3, 0.4) is 0 Å². The number of likely N-dealkylation sites (tertiary alicyclic amines) is 1. The van der Waals surface area contributed by atoms with Gasteiger partial charge in [-0.15, -0.1) is 0 Å². The van der Waals surface area contributed by atoms with E-state index >= 15 is 0 Å². The van der Waals surface area contributed by atoms with Crippen LogP contribution in [0, 0.1) is 11.8 Å². The van der Waals surface area contributed by atoms with E-state index in [-0.39, 0.29) is 0 Å². The minimum atomic E-state index is 0.337. The zero-order valence-electron chi connectivity index (χ0n) is 8.70. The maximum Gasteiger partial charge on any atom is 0.0593 e. The molecular formula is C10H21NO2. The van der Waals surface area contributed by atoms with E-state index < -0.39 is 0 Å². The second-order valence-electron chi connectivity index (χ2n) is 4.28. The van der Waals surface area contributed by atoms with Gasteiger partial charge in [0.15, 0.2) is 0 Å². The van der Waals surface area contributed by atoms with Gasteiger partial charge >= 0.3 is 0 Å². The quantitative estimate of drug-likeness (QED) is 0.618. The van der Waals surface area contributed by atoms with Gasteiger partial charge in [0.05, 0.1) is 6.61 Å². The number of nitrogens with zero attached hydrogens (tertiary/aromatic N) is 1. The van der Waals surface area contributed by atoms with Crippen molar-refractivity contribution in [2.75, 3.05) is 39.5 Å². The molecular weight excluding hydrogens is 166 g/mol. The molecule has 0 aromatic rings. The Morgan fingerprint density at radius 2 is 2.15 bits per heavy atom. The van der Waals surface area contributed by atoms with E-state index in [1.54, 1.807) is 0 Å². The Balaban J connectivity index is 1.85. The SMILES string of the molecule is CC(C)COCCN1CC(CO)C1. The molecule has 3 heteroatoms. The molecule has 1 rings (SSSR count). The standard InChI is InChI=1S/C10H21NO2/c1-9(2)8-13-4-3-11-5-10(6-11)7-12/h9-10,12H,3-8H2,1-2H3. The average Bonchev–Trinajstić information content (AvgIpc) is 2.00. The number of hydrogen-bond acceptors (Lipinski definition) is 3. The normalized spacial score (nSPS) is 19.4. The lowest BCUT2D eigenvalue weighted by Gasteiger charge is -2.38. The topological polar surface area (TPSA) is 32.7 Å². The predicted molar refractivity (Wildman–Crippen MR) is 52.7 cm³/mol. The third-order valence-electron chi connectivity index (χ3n) is 2.29. The molecule has 0 bridgehead atoms. The van der Waals surface area contributed by atoms with Crippen molar-refractivity contribution >= 4 is 0 Å². The van der Waals surface area contributed by atoms with Crippen molar-refractivity contribution in [2.45, 2.75) is 13.8 Å². The summed E-state index contributed by atoms with van der Waals surface area (Å²) in [6, 6.07) is 0. The fourth-order valence-electron chi connectivity index (χ4n) is 1.49. The van der Waals surface area contributed by atoms with E-state index in [9.17, 15) is 0 Å². The first kappa shape index (κ1) is 11.0. The molecule has 0 aromatic carbocycles. The van der Waals surface area contributed by atoms with Gasteiger partial charge in [-0.05, 0) is 5.92 Å². The molecule has 0 atom stereocenters. The molecule has 13 heavy (non-hydrogen) atoms. The summed E-state index contributed by atoms with van der Waals surface area (Å²) in [5.41, 5.74) is 0. The highest BCUT2D eigenvalue weighted by Gasteiger charge is 2.24. The van der Waals surface area contributed by atoms with Crippen LogP contribution in [0.15, 0.2) is 0 Å². The lowest BCUT2D eigenvalue weighted by molar-refractivity contribution is 0.0195. The maximum atomic E-state index is 8.79. The number of hydrogen-bond donors (Lipinski definition) is 1. The first-order chi connectivity index (χ1) is 6.22. The molecule has 0 radical (unpaired) electrons. The van der Waals surface area contributed by atoms with Crippen LogP contribution in [0.1, 0.15) is 13.8 Å². The minimum Gasteiger partial charge on any atom is -0.396 e. The second kappa shape index (κ2) is 5.58. The maximum absolute atomic E-state index is 8.79. The van der Waals surface area contributed by atoms with Gasteiger partial charge in [0.1, 0.15) is 0 Å². The highest BCUT2D eigenvalue weighted by atomic mass is 16.5. The van der Waals surface area contributed by atoms with E-state index in [4.69, 9.17) is 9.84 Å². The van der Waals surface area contributed by atoms with Crippen molar-refractivity contribution in [1.29, 1.82) is 0 Å². The number of aliphatic hydroxyl groups excluding tert-OH is 1. The first-order valence-corrected chi connectivity index (χ1v) is 5.13. The van der Waals surface area contributed by atoms with Crippen molar-refractivity contribution in [3.05, 3.63) is 0 Å². The van der Waals surface area contributed by atoms with E-state index in [1.165, 1.54) is 0 Å². The third-order valence-corrected chi connectivity index (χ3v) is 2.29. The summed E-state index contributed by atoms with van der Waals surface area (Å²) in [6.07, 6.45) is 0. The van der Waals surface area contributed by atoms with Gasteiger partial charge in [0.2, 0.25) is 0 Å². The molecule has 0 spiro atoms. The average molecular weight is 187 g/mol. The van der Waals surface area contributed by atoms with Gasteiger partial charge in [-0.2, -0.15) is 0 Å². The zero-order chi connectivity index (χ0) is 9.68. The molecule has 1 aliphatic heterocycles. The lowest BCUT2D eigenvalue weighted by Crippen LogP contribution is -2.49. The fraction of sp³-hybridized carbons (Fsp3) is 1.00. The summed E-state index contributed by atoms with van der Waals surface area (Å²) in [5, 5.41) is 8.79. The highest BCUT2D eigenvalue weighted by molar-refractivity contribution is 4.78. The molecule has 0 amide bonds. The number of aliphatic hydroxyl groups is 1. The molecule has 1 N–H and O–H groups in total. The summed E-state index contributed by atoms with van der Waals surface area (Å²) in [4.78, 5) is 2.32. The van der Waals surface area contributed by atoms with Crippen LogP contribution in [0.25, 0.3) is 0 Å². The minimum absolute atomic E-state index is 0.337. The molecule has 3 nitrogen and oxygen atoms in total. The van der Waals surface area contributed by atoms with Crippen LogP contribution < -0.4 is 0 Å². The molecule has 78 valence electrons. The van der Waals surface area contributed by atoms with Gasteiger partial charge in [-0.1, -0.05) is 13.8 Å². The summed E-state index contributed by atoms with van der Waals surface area (Å²) in [7, 11) is 0. The molecule has 0 aromatic heterocycles. The van der Waals surface area contributed by atoms with Crippen LogP contribution in [0.5, 0.6) is 0 Å². The Morgan fingerprint density at radius 3 is 2.69 bits per heavy atom. The Bertz CT molecular complexity index is 133. The Labute approximate surface area is 80.7 Å². The Kier molecular flexibility index (Phi) is 4.70. The molecule has 0 saturated carbocycles. The molecule has 1 saturated heterocycles. The largest absolute Gasteiger partial charge is 0.396 e. The summed E-state index contributed by atoms with van der Waals surface area (Å²) >= 11 is 0. The second-order valence-corrected chi connectivity index (χ2v) is 4.28. The van der Waals surface area contributed by atoms with Gasteiger partial charge in [-0.25, -0.2) is 0 Å². The lowest BCUT2D eigenvalue weighted by atomic mass is 10.0. The molecule has 1 fully saturated rings. The highest BCUT2D eigenvalue weighted by Crippen LogP contribution is 2.13. The van der Waals surface area contributed by atoms with E-state index in [2.05, 4.69) is 18.7 Å². The first-order valence-electron chi connectivity index (χ1n) is 5.13. The zero-order valence-corrected chi connectivity index (χ0v) is 8.70. The van der Waals surface area contributed by atoms with Crippen LogP contribution in [-0.2, 0) is 4.74 Å². The van der Waals surface area contributed by atoms with Crippen molar-refractivity contribution in [1.82, 2.24) is 4.90 Å². The van der Waals surface area contributed by atoms with Crippen molar-refractivity contribution in [2.24, 2.45) is 11.8 Å². The third kappa shape index (κ3) is 4.07. The number of rotatable bonds is 6. The van der Waals surface area contributed by atoms with Gasteiger partial charge in [0, 0.05) is 38.8 Å². The van der Waals surface area contributed by atoms with Gasteiger partial charge in [-0.3, -0.25) is 0 Å². The summed E-state index contributed by atoms with van der Waals surface area (Å²) in [6.45, 7) is 9.44. The Hall–Kier alpha value is -0.120. The molecule has 0 aliphatic carbocycles. The van der Waals surface area contributed by atoms with Crippen LogP contribution >= 0.6 is 0 Å². The summed E-state index contributed by atoms with van der Waals surface area (Å²) < 4.78 is 5.47.